The summed E-state index contributed by atoms with van der Waals surface area (Å²) in [6, 6.07) is 13.2. The summed E-state index contributed by atoms with van der Waals surface area (Å²) in [6.07, 6.45) is 8.30. The van der Waals surface area contributed by atoms with Gasteiger partial charge in [-0.15, -0.1) is 0 Å². The molecule has 0 spiro atoms. The number of allylic oxidation sites excluding steroid dienone is 2. The van der Waals surface area contributed by atoms with Crippen LogP contribution < -0.4 is 19.9 Å². The Balaban J connectivity index is 1.11. The summed E-state index contributed by atoms with van der Waals surface area (Å²) >= 11 is 0. The average Bonchev–Trinajstić information content (AvgIpc) is 4.06. The molecule has 2 amide bonds. The number of sulfonamides is 1. The number of hydrogen-bond acceptors (Lipinski definition) is 11. The summed E-state index contributed by atoms with van der Waals surface area (Å²) in [5.74, 6) is -0.361. The second kappa shape index (κ2) is 14.7. The van der Waals surface area contributed by atoms with Crippen LogP contribution in [0.4, 0.5) is 0 Å². The van der Waals surface area contributed by atoms with Crippen molar-refractivity contribution < 1.29 is 36.7 Å². The van der Waals surface area contributed by atoms with Gasteiger partial charge in [0.05, 0.1) is 35.4 Å². The molecule has 3 fully saturated rings. The topological polar surface area (TPSA) is 184 Å². The zero-order chi connectivity index (χ0) is 38.5. The Hall–Kier alpha value is -4.82. The molecular formula is C41H47N5O8S. The maximum Gasteiger partial charge on any atom is 0.262 e. The number of Topliss-reactive ketones (excluding diaryl/α,β-unsaturated/α-hetero) is 1. The van der Waals surface area contributed by atoms with Crippen molar-refractivity contribution in [2.75, 3.05) is 6.54 Å². The zero-order valence-electron chi connectivity index (χ0n) is 31.1. The fraction of sp³-hybridized carbons (Fsp3) is 0.488. The van der Waals surface area contributed by atoms with E-state index in [2.05, 4.69) is 4.72 Å². The summed E-state index contributed by atoms with van der Waals surface area (Å²) in [6.45, 7) is 3.98. The lowest BCUT2D eigenvalue weighted by molar-refractivity contribution is -0.140. The minimum atomic E-state index is -3.83. The highest BCUT2D eigenvalue weighted by Crippen LogP contribution is 2.57. The lowest BCUT2D eigenvalue weighted by Gasteiger charge is -2.27. The summed E-state index contributed by atoms with van der Waals surface area (Å²) in [4.78, 5) is 53.4. The van der Waals surface area contributed by atoms with Gasteiger partial charge in [0.2, 0.25) is 27.4 Å². The van der Waals surface area contributed by atoms with Gasteiger partial charge >= 0.3 is 0 Å². The van der Waals surface area contributed by atoms with Crippen molar-refractivity contribution in [3.05, 3.63) is 60.7 Å². The zero-order valence-corrected chi connectivity index (χ0v) is 31.9. The number of para-hydroxylation sites is 1. The third-order valence-corrected chi connectivity index (χ3v) is 13.0. The molecule has 55 heavy (non-hydrogen) atoms. The number of rotatable bonds is 8. The highest BCUT2D eigenvalue weighted by atomic mass is 32.2. The Morgan fingerprint density at radius 1 is 1.04 bits per heavy atom. The molecule has 0 radical (unpaired) electrons. The van der Waals surface area contributed by atoms with Gasteiger partial charge in [-0.2, -0.15) is 4.98 Å². The minimum absolute atomic E-state index is 0.0124. The number of nitrogens with one attached hydrogen (secondary N) is 1. The van der Waals surface area contributed by atoms with Crippen molar-refractivity contribution in [1.29, 1.82) is 0 Å². The first-order chi connectivity index (χ1) is 26.4. The number of aromatic nitrogens is 2. The van der Waals surface area contributed by atoms with Crippen molar-refractivity contribution in [3.63, 3.8) is 0 Å². The first kappa shape index (κ1) is 37.1. The molecule has 2 saturated carbocycles. The third kappa shape index (κ3) is 7.58. The Morgan fingerprint density at radius 2 is 1.82 bits per heavy atom. The Kier molecular flexibility index (Phi) is 9.91. The Labute approximate surface area is 320 Å². The summed E-state index contributed by atoms with van der Waals surface area (Å²) in [5.41, 5.74) is 7.48. The largest absolute Gasteiger partial charge is 0.491 e. The van der Waals surface area contributed by atoms with Gasteiger partial charge in [-0.3, -0.25) is 19.1 Å². The van der Waals surface area contributed by atoms with Gasteiger partial charge in [-0.05, 0) is 94.7 Å². The number of nitrogens with two attached hydrogens (primary N) is 1. The number of carbonyl (C=O) groups excluding carboxylic acids is 3. The number of furan rings is 1. The molecular weight excluding hydrogens is 723 g/mol. The number of carbonyl (C=O) groups is 3. The van der Waals surface area contributed by atoms with E-state index in [-0.39, 0.29) is 49.0 Å². The predicted molar refractivity (Wildman–Crippen MR) is 205 cm³/mol. The number of nitrogens with zero attached hydrogens (tertiary/aromatic N) is 3. The van der Waals surface area contributed by atoms with Crippen LogP contribution in [-0.4, -0.2) is 77.0 Å². The molecule has 5 atom stereocenters. The molecule has 4 aromatic rings. The van der Waals surface area contributed by atoms with E-state index in [1.807, 2.05) is 74.5 Å². The molecule has 14 heteroatoms. The molecule has 1 saturated heterocycles. The van der Waals surface area contributed by atoms with Crippen LogP contribution in [0.15, 0.2) is 65.1 Å². The standard InChI is InChI=1S/C41H47N5O8S/c1-24(2)52-27-16-14-25(15-17-27)37-43-35-30-11-8-9-13-34(30)54-36(35)38(44-37)53-28-20-32-33(47)22-41(40(49)45-55(50,51)29-18-19-29)21-26(41)10-6-4-3-5-7-12-31(42)39(48)46(32)23-28/h6,8-11,13-17,24,26,28-29,31-32H,3-5,7,12,18-23,42H2,1-2H3,(H,45,49)/b10-6-/t26-,28-,31+,32+,41-/m1/s1. The molecule has 2 aromatic carbocycles. The summed E-state index contributed by atoms with van der Waals surface area (Å²) in [5, 5.41) is 0.196. The van der Waals surface area contributed by atoms with E-state index in [1.165, 1.54) is 4.90 Å². The molecule has 2 aliphatic heterocycles. The van der Waals surface area contributed by atoms with Crippen molar-refractivity contribution in [1.82, 2.24) is 19.6 Å². The predicted octanol–water partition coefficient (Wildman–Crippen LogP) is 5.60. The highest BCUT2D eigenvalue weighted by molar-refractivity contribution is 7.90. The van der Waals surface area contributed by atoms with Crippen LogP contribution in [-0.2, 0) is 24.4 Å². The molecule has 3 N–H and O–H groups in total. The van der Waals surface area contributed by atoms with E-state index in [4.69, 9.17) is 29.6 Å². The smallest absolute Gasteiger partial charge is 0.262 e. The van der Waals surface area contributed by atoms with E-state index < -0.39 is 44.8 Å². The van der Waals surface area contributed by atoms with Crippen molar-refractivity contribution in [2.45, 2.75) is 108 Å². The van der Waals surface area contributed by atoms with Crippen molar-refractivity contribution in [3.8, 4) is 23.0 Å². The normalized spacial score (nSPS) is 26.9. The van der Waals surface area contributed by atoms with E-state index in [0.29, 0.717) is 53.9 Å². The molecule has 4 aliphatic rings. The second-order valence-corrected chi connectivity index (χ2v) is 17.7. The molecule has 4 heterocycles. The molecule has 290 valence electrons. The highest BCUT2D eigenvalue weighted by Gasteiger charge is 2.61. The van der Waals surface area contributed by atoms with Gasteiger partial charge in [0.15, 0.2) is 11.6 Å². The minimum Gasteiger partial charge on any atom is -0.491 e. The van der Waals surface area contributed by atoms with Crippen LogP contribution in [0.3, 0.4) is 0 Å². The number of ether oxygens (including phenoxy) is 2. The first-order valence-electron chi connectivity index (χ1n) is 19.4. The number of hydrogen-bond donors (Lipinski definition) is 2. The maximum atomic E-state index is 14.4. The van der Waals surface area contributed by atoms with Gasteiger partial charge in [0.25, 0.3) is 5.88 Å². The van der Waals surface area contributed by atoms with Crippen LogP contribution in [0, 0.1) is 11.3 Å². The summed E-state index contributed by atoms with van der Waals surface area (Å²) < 4.78 is 46.7. The SMILES string of the molecule is CC(C)Oc1ccc(-c2nc(O[C@@H]3C[C@H]4C(=O)C[C@]5(C(=O)NS(=O)(=O)C6CC6)C[C@H]5/C=C\CCCCC[C@H](N)C(=O)N4C3)c3oc4ccccc4c3n2)cc1. The fourth-order valence-electron chi connectivity index (χ4n) is 7.97. The van der Waals surface area contributed by atoms with Crippen LogP contribution in [0.25, 0.3) is 33.5 Å². The van der Waals surface area contributed by atoms with Crippen LogP contribution in [0.5, 0.6) is 11.6 Å². The molecule has 2 aliphatic carbocycles. The quantitative estimate of drug-likeness (QED) is 0.213. The van der Waals surface area contributed by atoms with Gasteiger partial charge in [0.1, 0.15) is 23.0 Å². The van der Waals surface area contributed by atoms with Crippen molar-refractivity contribution >= 4 is 49.7 Å². The van der Waals surface area contributed by atoms with E-state index in [1.54, 1.807) is 0 Å². The molecule has 2 aromatic heterocycles. The van der Waals surface area contributed by atoms with Gasteiger partial charge in [0, 0.05) is 23.8 Å². The van der Waals surface area contributed by atoms with Gasteiger partial charge in [-0.1, -0.05) is 37.1 Å². The first-order valence-corrected chi connectivity index (χ1v) is 20.9. The van der Waals surface area contributed by atoms with E-state index in [9.17, 15) is 22.8 Å². The third-order valence-electron chi connectivity index (χ3n) is 11.2. The lowest BCUT2D eigenvalue weighted by atomic mass is 9.91. The number of fused-ring (bicyclic) bond motifs is 5. The van der Waals surface area contributed by atoms with Crippen LogP contribution in [0.2, 0.25) is 0 Å². The monoisotopic (exact) mass is 769 g/mol. The average molecular weight is 770 g/mol. The van der Waals surface area contributed by atoms with Crippen molar-refractivity contribution in [2.24, 2.45) is 17.1 Å². The van der Waals surface area contributed by atoms with Gasteiger partial charge in [-0.25, -0.2) is 13.4 Å². The Morgan fingerprint density at radius 3 is 2.58 bits per heavy atom. The second-order valence-electron chi connectivity index (χ2n) is 15.8. The van der Waals surface area contributed by atoms with Crippen LogP contribution >= 0.6 is 0 Å². The molecule has 8 rings (SSSR count). The molecule has 13 nitrogen and oxygen atoms in total. The summed E-state index contributed by atoms with van der Waals surface area (Å²) in [7, 11) is -3.83. The fourth-order valence-corrected chi connectivity index (χ4v) is 9.36. The number of ketones is 1. The molecule has 0 bridgehead atoms. The lowest BCUT2D eigenvalue weighted by Crippen LogP contribution is -2.49. The Bertz CT molecular complexity index is 2270. The van der Waals surface area contributed by atoms with E-state index in [0.717, 1.165) is 36.6 Å². The maximum absolute atomic E-state index is 14.4. The molecule has 0 unspecified atom stereocenters. The van der Waals surface area contributed by atoms with Gasteiger partial charge < -0.3 is 24.5 Å². The van der Waals surface area contributed by atoms with E-state index >= 15 is 0 Å². The van der Waals surface area contributed by atoms with Crippen LogP contribution in [0.1, 0.15) is 78.1 Å². The number of amides is 2. The number of benzene rings is 2.